The highest BCUT2D eigenvalue weighted by atomic mass is 35.5. The molecule has 0 spiro atoms. The molecule has 0 bridgehead atoms. The molecule has 3 amide bonds. The van der Waals surface area contributed by atoms with E-state index in [1.54, 1.807) is 31.3 Å². The van der Waals surface area contributed by atoms with Gasteiger partial charge in [-0.15, -0.1) is 0 Å². The molecule has 0 fully saturated rings. The lowest BCUT2D eigenvalue weighted by molar-refractivity contribution is 0.0937. The van der Waals surface area contributed by atoms with Crippen LogP contribution in [0, 0.1) is 0 Å². The minimum Gasteiger partial charge on any atom is -0.364 e. The van der Waals surface area contributed by atoms with Crippen LogP contribution in [0.15, 0.2) is 60.9 Å². The van der Waals surface area contributed by atoms with E-state index in [1.807, 2.05) is 30.3 Å². The topological polar surface area (TPSA) is 137 Å². The number of aryl methyl sites for hydroxylation is 1. The molecule has 10 nitrogen and oxygen atoms in total. The van der Waals surface area contributed by atoms with Gasteiger partial charge in [0.1, 0.15) is 28.4 Å². The van der Waals surface area contributed by atoms with Crippen molar-refractivity contribution < 1.29 is 14.4 Å². The average molecular weight is 478 g/mol. The molecule has 172 valence electrons. The lowest BCUT2D eigenvalue weighted by Crippen LogP contribution is -2.25. The lowest BCUT2D eigenvalue weighted by Gasteiger charge is -2.10. The SMILES string of the molecule is CNC(=O)c1ncn(-c2ccc(NC(=O)c3c(-c4ccccc4)nn(C)c3Cl)cc2)c1C(N)=O. The van der Waals surface area contributed by atoms with E-state index in [-0.39, 0.29) is 22.1 Å². The van der Waals surface area contributed by atoms with Gasteiger partial charge in [0.05, 0.1) is 0 Å². The van der Waals surface area contributed by atoms with Gasteiger partial charge in [0, 0.05) is 31.0 Å². The second-order valence-electron chi connectivity index (χ2n) is 7.26. The summed E-state index contributed by atoms with van der Waals surface area (Å²) in [5.41, 5.74) is 7.83. The minimum absolute atomic E-state index is 0.0502. The van der Waals surface area contributed by atoms with Gasteiger partial charge in [-0.25, -0.2) is 4.98 Å². The molecule has 0 saturated carbocycles. The number of imidazole rings is 1. The van der Waals surface area contributed by atoms with E-state index < -0.39 is 17.7 Å². The molecule has 0 atom stereocenters. The fourth-order valence-corrected chi connectivity index (χ4v) is 3.68. The van der Waals surface area contributed by atoms with Gasteiger partial charge in [-0.2, -0.15) is 5.10 Å². The van der Waals surface area contributed by atoms with Crippen molar-refractivity contribution in [1.82, 2.24) is 24.6 Å². The summed E-state index contributed by atoms with van der Waals surface area (Å²) in [6, 6.07) is 15.9. The van der Waals surface area contributed by atoms with E-state index in [0.29, 0.717) is 17.1 Å². The third kappa shape index (κ3) is 4.14. The van der Waals surface area contributed by atoms with Gasteiger partial charge in [-0.05, 0) is 24.3 Å². The summed E-state index contributed by atoms with van der Waals surface area (Å²) in [4.78, 5) is 41.0. The zero-order valence-electron chi connectivity index (χ0n) is 18.2. The molecule has 0 radical (unpaired) electrons. The average Bonchev–Trinajstić information content (AvgIpc) is 3.41. The first kappa shape index (κ1) is 22.7. The quantitative estimate of drug-likeness (QED) is 0.392. The molecule has 4 N–H and O–H groups in total. The first-order chi connectivity index (χ1) is 16.3. The molecule has 0 aliphatic heterocycles. The summed E-state index contributed by atoms with van der Waals surface area (Å²) in [5.74, 6) is -1.75. The summed E-state index contributed by atoms with van der Waals surface area (Å²) < 4.78 is 2.85. The Morgan fingerprint density at radius 2 is 1.68 bits per heavy atom. The van der Waals surface area contributed by atoms with Gasteiger partial charge >= 0.3 is 0 Å². The maximum atomic E-state index is 13.1. The zero-order valence-corrected chi connectivity index (χ0v) is 19.0. The van der Waals surface area contributed by atoms with E-state index in [2.05, 4.69) is 20.7 Å². The number of halogens is 1. The smallest absolute Gasteiger partial charge is 0.272 e. The Bertz CT molecular complexity index is 1390. The monoisotopic (exact) mass is 477 g/mol. The Kier molecular flexibility index (Phi) is 6.15. The molecule has 0 unspecified atom stereocenters. The number of rotatable bonds is 6. The maximum Gasteiger partial charge on any atom is 0.272 e. The van der Waals surface area contributed by atoms with E-state index in [1.165, 1.54) is 22.6 Å². The number of hydrogen-bond acceptors (Lipinski definition) is 5. The van der Waals surface area contributed by atoms with Crippen LogP contribution >= 0.6 is 11.6 Å². The minimum atomic E-state index is -0.798. The molecule has 2 aromatic heterocycles. The van der Waals surface area contributed by atoms with Crippen LogP contribution in [0.2, 0.25) is 5.15 Å². The highest BCUT2D eigenvalue weighted by Crippen LogP contribution is 2.29. The van der Waals surface area contributed by atoms with Crippen molar-refractivity contribution >= 4 is 35.0 Å². The molecule has 4 aromatic rings. The predicted molar refractivity (Wildman–Crippen MR) is 127 cm³/mol. The number of nitrogens with zero attached hydrogens (tertiary/aromatic N) is 4. The highest BCUT2D eigenvalue weighted by Gasteiger charge is 2.24. The van der Waals surface area contributed by atoms with Gasteiger partial charge in [-0.3, -0.25) is 23.6 Å². The van der Waals surface area contributed by atoms with Gasteiger partial charge in [0.15, 0.2) is 5.69 Å². The number of nitrogens with two attached hydrogens (primary N) is 1. The molecular weight excluding hydrogens is 458 g/mol. The van der Waals surface area contributed by atoms with Crippen LogP contribution in [0.25, 0.3) is 16.9 Å². The second-order valence-corrected chi connectivity index (χ2v) is 7.62. The van der Waals surface area contributed by atoms with Crippen molar-refractivity contribution in [3.8, 4) is 16.9 Å². The van der Waals surface area contributed by atoms with Crippen LogP contribution in [0.4, 0.5) is 5.69 Å². The first-order valence-corrected chi connectivity index (χ1v) is 10.5. The van der Waals surface area contributed by atoms with Crippen molar-refractivity contribution in [3.63, 3.8) is 0 Å². The second kappa shape index (κ2) is 9.20. The molecule has 2 heterocycles. The number of primary amides is 1. The van der Waals surface area contributed by atoms with E-state index in [4.69, 9.17) is 17.3 Å². The number of anilines is 1. The number of carbonyl (C=O) groups is 3. The fraction of sp³-hybridized carbons (Fsp3) is 0.0870. The fourth-order valence-electron chi connectivity index (χ4n) is 3.47. The normalized spacial score (nSPS) is 10.7. The van der Waals surface area contributed by atoms with Crippen LogP contribution < -0.4 is 16.4 Å². The number of nitrogens with one attached hydrogen (secondary N) is 2. The predicted octanol–water partition coefficient (Wildman–Crippen LogP) is 2.64. The zero-order chi connectivity index (χ0) is 24.4. The first-order valence-electron chi connectivity index (χ1n) is 10.1. The number of hydrogen-bond donors (Lipinski definition) is 3. The molecule has 0 aliphatic rings. The number of aromatic nitrogens is 4. The molecule has 0 saturated heterocycles. The Balaban J connectivity index is 1.62. The third-order valence-corrected chi connectivity index (χ3v) is 5.53. The molecular formula is C23H20ClN7O3. The van der Waals surface area contributed by atoms with Gasteiger partial charge in [0.25, 0.3) is 17.7 Å². The Labute approximate surface area is 199 Å². The standard InChI is InChI=1S/C23H20ClN7O3/c1-26-23(34)18-19(21(25)32)31(12-27-18)15-10-8-14(9-11-15)28-22(33)16-17(29-30(2)20(16)24)13-6-4-3-5-7-13/h3-12H,1-2H3,(H2,25,32)(H,26,34)(H,28,33). The molecule has 34 heavy (non-hydrogen) atoms. The Hall–Kier alpha value is -4.44. The Morgan fingerprint density at radius 3 is 2.29 bits per heavy atom. The van der Waals surface area contributed by atoms with Crippen LogP contribution in [-0.4, -0.2) is 44.1 Å². The van der Waals surface area contributed by atoms with Crippen LogP contribution in [0.5, 0.6) is 0 Å². The molecule has 0 aliphatic carbocycles. The van der Waals surface area contributed by atoms with Gasteiger partial charge in [0.2, 0.25) is 0 Å². The van der Waals surface area contributed by atoms with Gasteiger partial charge < -0.3 is 16.4 Å². The van der Waals surface area contributed by atoms with Crippen molar-refractivity contribution in [2.24, 2.45) is 12.8 Å². The van der Waals surface area contributed by atoms with Gasteiger partial charge in [-0.1, -0.05) is 41.9 Å². The van der Waals surface area contributed by atoms with Crippen molar-refractivity contribution in [3.05, 3.63) is 83.0 Å². The molecule has 11 heteroatoms. The maximum absolute atomic E-state index is 13.1. The van der Waals surface area contributed by atoms with Crippen molar-refractivity contribution in [2.45, 2.75) is 0 Å². The lowest BCUT2D eigenvalue weighted by atomic mass is 10.1. The van der Waals surface area contributed by atoms with E-state index >= 15 is 0 Å². The van der Waals surface area contributed by atoms with Crippen molar-refractivity contribution in [2.75, 3.05) is 12.4 Å². The van der Waals surface area contributed by atoms with Crippen LogP contribution in [-0.2, 0) is 7.05 Å². The number of carbonyl (C=O) groups excluding carboxylic acids is 3. The third-order valence-electron chi connectivity index (χ3n) is 5.10. The van der Waals surface area contributed by atoms with Crippen LogP contribution in [0.1, 0.15) is 31.3 Å². The van der Waals surface area contributed by atoms with E-state index in [0.717, 1.165) is 5.56 Å². The molecule has 2 aromatic carbocycles. The summed E-state index contributed by atoms with van der Waals surface area (Å²) in [7, 11) is 3.09. The number of benzene rings is 2. The summed E-state index contributed by atoms with van der Waals surface area (Å²) in [6.45, 7) is 0. The molecule has 4 rings (SSSR count). The van der Waals surface area contributed by atoms with Crippen molar-refractivity contribution in [1.29, 1.82) is 0 Å². The largest absolute Gasteiger partial charge is 0.364 e. The summed E-state index contributed by atoms with van der Waals surface area (Å²) in [5, 5.41) is 9.83. The summed E-state index contributed by atoms with van der Waals surface area (Å²) >= 11 is 6.37. The Morgan fingerprint density at radius 1 is 1.00 bits per heavy atom. The summed E-state index contributed by atoms with van der Waals surface area (Å²) in [6.07, 6.45) is 1.33. The highest BCUT2D eigenvalue weighted by molar-refractivity contribution is 6.34. The van der Waals surface area contributed by atoms with E-state index in [9.17, 15) is 14.4 Å². The number of amides is 3. The van der Waals surface area contributed by atoms with Crippen LogP contribution in [0.3, 0.4) is 0 Å².